The van der Waals surface area contributed by atoms with Crippen molar-refractivity contribution in [1.82, 2.24) is 19.1 Å². The van der Waals surface area contributed by atoms with Crippen molar-refractivity contribution in [3.8, 4) is 56.4 Å². The largest absolute Gasteiger partial charge is 0.309 e. The maximum absolute atomic E-state index is 5.41. The Balaban J connectivity index is 1.28. The van der Waals surface area contributed by atoms with Crippen molar-refractivity contribution in [1.29, 1.82) is 0 Å². The van der Waals surface area contributed by atoms with Crippen LogP contribution in [0, 0.1) is 6.92 Å². The molecule has 3 aromatic heterocycles. The summed E-state index contributed by atoms with van der Waals surface area (Å²) in [5, 5.41) is 4.91. The molecule has 0 spiro atoms. The Morgan fingerprint density at radius 2 is 0.842 bits per heavy atom. The number of hydrogen-bond donors (Lipinski definition) is 0. The van der Waals surface area contributed by atoms with Gasteiger partial charge in [0.15, 0.2) is 5.82 Å². The van der Waals surface area contributed by atoms with Gasteiger partial charge in [-0.1, -0.05) is 157 Å². The van der Waals surface area contributed by atoms with Gasteiger partial charge in [-0.25, -0.2) is 9.97 Å². The van der Waals surface area contributed by atoms with Gasteiger partial charge in [0.25, 0.3) is 0 Å². The molecular weight excluding hydrogens is 693 g/mol. The van der Waals surface area contributed by atoms with E-state index in [2.05, 4.69) is 192 Å². The predicted octanol–water partition coefficient (Wildman–Crippen LogP) is 13.6. The second-order valence-corrected chi connectivity index (χ2v) is 14.7. The fraction of sp³-hybridized carbons (Fsp3) is 0.0189. The Morgan fingerprint density at radius 3 is 1.53 bits per heavy atom. The van der Waals surface area contributed by atoms with Crippen molar-refractivity contribution >= 4 is 43.6 Å². The molecule has 268 valence electrons. The van der Waals surface area contributed by atoms with Crippen LogP contribution in [0.5, 0.6) is 0 Å². The second-order valence-electron chi connectivity index (χ2n) is 14.7. The molecule has 11 aromatic rings. The summed E-state index contributed by atoms with van der Waals surface area (Å²) in [6, 6.07) is 71.4. The highest BCUT2D eigenvalue weighted by molar-refractivity contribution is 6.12. The quantitative estimate of drug-likeness (QED) is 0.171. The molecule has 0 aliphatic heterocycles. The molecule has 0 atom stereocenters. The average molecular weight is 729 g/mol. The number of aryl methyl sites for hydroxylation is 1. The highest BCUT2D eigenvalue weighted by atomic mass is 15.0. The smallest absolute Gasteiger partial charge is 0.160 e. The summed E-state index contributed by atoms with van der Waals surface area (Å²) in [5.74, 6) is 0.686. The van der Waals surface area contributed by atoms with Gasteiger partial charge in [0.2, 0.25) is 0 Å². The van der Waals surface area contributed by atoms with Crippen molar-refractivity contribution < 1.29 is 0 Å². The van der Waals surface area contributed by atoms with Crippen LogP contribution in [0.15, 0.2) is 200 Å². The molecule has 0 bridgehead atoms. The van der Waals surface area contributed by atoms with Gasteiger partial charge in [0.1, 0.15) is 0 Å². The highest BCUT2D eigenvalue weighted by Crippen LogP contribution is 2.45. The van der Waals surface area contributed by atoms with E-state index in [1.54, 1.807) is 0 Å². The Hall–Kier alpha value is -7.56. The molecule has 3 heterocycles. The third-order valence-electron chi connectivity index (χ3n) is 11.2. The molecule has 4 nitrogen and oxygen atoms in total. The molecule has 0 N–H and O–H groups in total. The standard InChI is InChI=1S/C53H36N4/c1-35-31-32-50-43(33-35)40-23-10-14-28-48(40)57(50)51-30-16-25-41(45-34-44(36-17-4-2-5-18-36)54-53(55-45)37-19-6-3-7-20-37)52(51)42-24-11-15-29-49(42)56-46-26-12-8-21-38(46)39-22-9-13-27-47(39)56/h2-34H,1H3. The molecule has 0 saturated heterocycles. The van der Waals surface area contributed by atoms with E-state index in [9.17, 15) is 0 Å². The first-order valence-corrected chi connectivity index (χ1v) is 19.4. The minimum Gasteiger partial charge on any atom is -0.309 e. The molecule has 4 heteroatoms. The number of rotatable bonds is 6. The zero-order chi connectivity index (χ0) is 37.9. The van der Waals surface area contributed by atoms with E-state index in [0.29, 0.717) is 5.82 Å². The second kappa shape index (κ2) is 13.3. The topological polar surface area (TPSA) is 35.6 Å². The van der Waals surface area contributed by atoms with E-state index in [0.717, 1.165) is 72.6 Å². The van der Waals surface area contributed by atoms with Crippen LogP contribution < -0.4 is 0 Å². The van der Waals surface area contributed by atoms with E-state index in [1.807, 2.05) is 24.3 Å². The van der Waals surface area contributed by atoms with E-state index in [-0.39, 0.29) is 0 Å². The highest BCUT2D eigenvalue weighted by Gasteiger charge is 2.24. The molecule has 11 rings (SSSR count). The number of hydrogen-bond acceptors (Lipinski definition) is 2. The Kier molecular flexibility index (Phi) is 7.68. The lowest BCUT2D eigenvalue weighted by Crippen LogP contribution is -2.04. The first-order valence-electron chi connectivity index (χ1n) is 19.4. The first-order chi connectivity index (χ1) is 28.2. The van der Waals surface area contributed by atoms with E-state index in [4.69, 9.17) is 9.97 Å². The Morgan fingerprint density at radius 1 is 0.351 bits per heavy atom. The number of benzene rings is 8. The number of para-hydroxylation sites is 4. The predicted molar refractivity (Wildman–Crippen MR) is 237 cm³/mol. The Labute approximate surface area is 330 Å². The molecule has 0 fully saturated rings. The van der Waals surface area contributed by atoms with Crippen LogP contribution in [0.25, 0.3) is 100 Å². The summed E-state index contributed by atoms with van der Waals surface area (Å²) < 4.78 is 4.88. The van der Waals surface area contributed by atoms with Crippen LogP contribution in [0.4, 0.5) is 0 Å². The van der Waals surface area contributed by atoms with Gasteiger partial charge in [0.05, 0.1) is 44.8 Å². The summed E-state index contributed by atoms with van der Waals surface area (Å²) in [7, 11) is 0. The molecule has 8 aromatic carbocycles. The maximum Gasteiger partial charge on any atom is 0.160 e. The van der Waals surface area contributed by atoms with Gasteiger partial charge < -0.3 is 9.13 Å². The lowest BCUT2D eigenvalue weighted by molar-refractivity contribution is 1.15. The van der Waals surface area contributed by atoms with Gasteiger partial charge in [-0.05, 0) is 55.5 Å². The fourth-order valence-corrected chi connectivity index (χ4v) is 8.69. The zero-order valence-electron chi connectivity index (χ0n) is 31.3. The third kappa shape index (κ3) is 5.37. The van der Waals surface area contributed by atoms with Crippen LogP contribution in [-0.4, -0.2) is 19.1 Å². The van der Waals surface area contributed by atoms with Crippen LogP contribution in [0.1, 0.15) is 5.56 Å². The maximum atomic E-state index is 5.41. The van der Waals surface area contributed by atoms with Gasteiger partial charge in [-0.15, -0.1) is 0 Å². The van der Waals surface area contributed by atoms with Gasteiger partial charge in [0, 0.05) is 49.4 Å². The van der Waals surface area contributed by atoms with E-state index in [1.165, 1.54) is 27.1 Å². The van der Waals surface area contributed by atoms with Gasteiger partial charge in [-0.2, -0.15) is 0 Å². The van der Waals surface area contributed by atoms with Gasteiger partial charge in [-0.3, -0.25) is 0 Å². The molecular formula is C53H36N4. The van der Waals surface area contributed by atoms with E-state index >= 15 is 0 Å². The average Bonchev–Trinajstić information content (AvgIpc) is 3.79. The van der Waals surface area contributed by atoms with Crippen molar-refractivity contribution in [3.63, 3.8) is 0 Å². The summed E-state index contributed by atoms with van der Waals surface area (Å²) in [4.78, 5) is 10.6. The van der Waals surface area contributed by atoms with Gasteiger partial charge >= 0.3 is 0 Å². The minimum atomic E-state index is 0.686. The lowest BCUT2D eigenvalue weighted by Gasteiger charge is -2.22. The fourth-order valence-electron chi connectivity index (χ4n) is 8.69. The monoisotopic (exact) mass is 728 g/mol. The Bertz CT molecular complexity index is 3190. The first kappa shape index (κ1) is 32.8. The molecule has 0 aliphatic carbocycles. The molecule has 0 aliphatic rings. The zero-order valence-corrected chi connectivity index (χ0v) is 31.3. The number of nitrogens with zero attached hydrogens (tertiary/aromatic N) is 4. The molecule has 0 saturated carbocycles. The van der Waals surface area contributed by atoms with Crippen molar-refractivity contribution in [2.24, 2.45) is 0 Å². The summed E-state index contributed by atoms with van der Waals surface area (Å²) in [6.45, 7) is 2.17. The SMILES string of the molecule is Cc1ccc2c(c1)c1ccccc1n2-c1cccc(-c2cc(-c3ccccc3)nc(-c3ccccc3)n2)c1-c1ccccc1-n1c2ccccc2c2ccccc21. The summed E-state index contributed by atoms with van der Waals surface area (Å²) in [6.07, 6.45) is 0. The molecule has 57 heavy (non-hydrogen) atoms. The molecule has 0 unspecified atom stereocenters. The van der Waals surface area contributed by atoms with Crippen LogP contribution in [-0.2, 0) is 0 Å². The summed E-state index contributed by atoms with van der Waals surface area (Å²) >= 11 is 0. The van der Waals surface area contributed by atoms with E-state index < -0.39 is 0 Å². The lowest BCUT2D eigenvalue weighted by atomic mass is 9.93. The van der Waals surface area contributed by atoms with Crippen molar-refractivity contribution in [2.75, 3.05) is 0 Å². The number of fused-ring (bicyclic) bond motifs is 6. The third-order valence-corrected chi connectivity index (χ3v) is 11.2. The van der Waals surface area contributed by atoms with Crippen LogP contribution in [0.3, 0.4) is 0 Å². The molecule has 0 radical (unpaired) electrons. The normalized spacial score (nSPS) is 11.6. The van der Waals surface area contributed by atoms with Crippen molar-refractivity contribution in [2.45, 2.75) is 6.92 Å². The van der Waals surface area contributed by atoms with Crippen LogP contribution >= 0.6 is 0 Å². The number of aromatic nitrogens is 4. The van der Waals surface area contributed by atoms with Crippen LogP contribution in [0.2, 0.25) is 0 Å². The summed E-state index contributed by atoms with van der Waals surface area (Å²) in [5.41, 5.74) is 15.0. The van der Waals surface area contributed by atoms with Crippen molar-refractivity contribution in [3.05, 3.63) is 206 Å². The molecule has 0 amide bonds. The minimum absolute atomic E-state index is 0.686.